The normalized spacial score (nSPS) is 12.1. The lowest BCUT2D eigenvalue weighted by Crippen LogP contribution is -2.11. The Hall–Kier alpha value is -4.06. The van der Waals surface area contributed by atoms with E-state index < -0.39 is 11.9 Å². The van der Waals surface area contributed by atoms with E-state index in [0.29, 0.717) is 5.56 Å². The van der Waals surface area contributed by atoms with Crippen LogP contribution in [-0.2, 0) is 0 Å². The molecule has 0 aromatic heterocycles. The predicted octanol–water partition coefficient (Wildman–Crippen LogP) is 5.59. The van der Waals surface area contributed by atoms with Crippen LogP contribution in [0.4, 0.5) is 5.69 Å². The van der Waals surface area contributed by atoms with Crippen molar-refractivity contribution in [3.05, 3.63) is 102 Å². The number of aromatic carboxylic acids is 2. The van der Waals surface area contributed by atoms with E-state index >= 15 is 0 Å². The zero-order chi connectivity index (χ0) is 22.2. The topological polar surface area (TPSA) is 87.1 Å². The van der Waals surface area contributed by atoms with Gasteiger partial charge in [0.2, 0.25) is 0 Å². The summed E-state index contributed by atoms with van der Waals surface area (Å²) in [5.41, 5.74) is 1.78. The monoisotopic (exact) mass is 417 g/mol. The highest BCUT2D eigenvalue weighted by Gasteiger charge is 2.10. The minimum Gasteiger partial charge on any atom is -0.478 e. The van der Waals surface area contributed by atoms with E-state index in [1.165, 1.54) is 17.8 Å². The Bertz CT molecular complexity index is 1070. The Balaban J connectivity index is 0.000000187. The molecule has 0 saturated heterocycles. The second kappa shape index (κ2) is 10.1. The van der Waals surface area contributed by atoms with Gasteiger partial charge in [0.1, 0.15) is 11.5 Å². The maximum atomic E-state index is 10.6. The first-order chi connectivity index (χ1) is 14.9. The van der Waals surface area contributed by atoms with Crippen molar-refractivity contribution in [1.29, 1.82) is 0 Å². The van der Waals surface area contributed by atoms with E-state index in [9.17, 15) is 9.59 Å². The Morgan fingerprint density at radius 2 is 1.55 bits per heavy atom. The smallest absolute Gasteiger partial charge is 0.335 e. The standard InChI is InChI=1S/C16H15NO.C9H8O4/c1-2-6-15(7-3-1)18-16-10-8-14(9-11-16)17-12-4-5-13-17;1-5-2-3-6(8(10)11)4-7(5)9(12)13/h1-4,6-12H,5,13H2;2-4H,1H3,(H,10,11)(H,12,13). The van der Waals surface area contributed by atoms with Crippen LogP contribution < -0.4 is 9.64 Å². The van der Waals surface area contributed by atoms with Crippen LogP contribution in [0.2, 0.25) is 0 Å². The van der Waals surface area contributed by atoms with Gasteiger partial charge in [-0.25, -0.2) is 9.59 Å². The van der Waals surface area contributed by atoms with Gasteiger partial charge in [0.25, 0.3) is 0 Å². The number of hydrogen-bond acceptors (Lipinski definition) is 4. The summed E-state index contributed by atoms with van der Waals surface area (Å²) in [7, 11) is 0. The third kappa shape index (κ3) is 5.96. The SMILES string of the molecule is C1=CN(c2ccc(Oc3ccccc3)cc2)CC1.Cc1ccc(C(=O)O)cc1C(=O)O. The van der Waals surface area contributed by atoms with Crippen molar-refractivity contribution in [2.24, 2.45) is 0 Å². The van der Waals surface area contributed by atoms with E-state index in [1.807, 2.05) is 42.5 Å². The number of carboxylic acid groups (broad SMARTS) is 2. The van der Waals surface area contributed by atoms with Crippen molar-refractivity contribution < 1.29 is 24.5 Å². The zero-order valence-electron chi connectivity index (χ0n) is 17.1. The fourth-order valence-electron chi connectivity index (χ4n) is 3.02. The van der Waals surface area contributed by atoms with Crippen LogP contribution in [0.5, 0.6) is 11.5 Å². The number of para-hydroxylation sites is 1. The first kappa shape index (κ1) is 21.6. The minimum absolute atomic E-state index is 0.0111. The van der Waals surface area contributed by atoms with Crippen molar-refractivity contribution in [3.8, 4) is 11.5 Å². The molecule has 3 aromatic rings. The molecule has 0 radical (unpaired) electrons. The van der Waals surface area contributed by atoms with Crippen LogP contribution in [0.15, 0.2) is 85.1 Å². The van der Waals surface area contributed by atoms with Crippen LogP contribution >= 0.6 is 0 Å². The molecule has 0 bridgehead atoms. The summed E-state index contributed by atoms with van der Waals surface area (Å²) in [6.45, 7) is 2.69. The molecule has 0 atom stereocenters. The lowest BCUT2D eigenvalue weighted by atomic mass is 10.1. The minimum atomic E-state index is -1.12. The maximum absolute atomic E-state index is 10.6. The third-order valence-electron chi connectivity index (χ3n) is 4.68. The molecule has 0 aliphatic carbocycles. The second-order valence-corrected chi connectivity index (χ2v) is 6.92. The number of carboxylic acids is 2. The summed E-state index contributed by atoms with van der Waals surface area (Å²) in [4.78, 5) is 23.3. The van der Waals surface area contributed by atoms with E-state index in [4.69, 9.17) is 14.9 Å². The van der Waals surface area contributed by atoms with Crippen LogP contribution in [0.25, 0.3) is 0 Å². The number of nitrogens with zero attached hydrogens (tertiary/aromatic N) is 1. The summed E-state index contributed by atoms with van der Waals surface area (Å²) in [5, 5.41) is 17.3. The molecule has 1 heterocycles. The molecule has 2 N–H and O–H groups in total. The van der Waals surface area contributed by atoms with Gasteiger partial charge in [-0.3, -0.25) is 0 Å². The Morgan fingerprint density at radius 1 is 0.871 bits per heavy atom. The number of benzene rings is 3. The number of hydrogen-bond donors (Lipinski definition) is 2. The highest BCUT2D eigenvalue weighted by atomic mass is 16.5. The van der Waals surface area contributed by atoms with Gasteiger partial charge in [-0.15, -0.1) is 0 Å². The number of anilines is 1. The van der Waals surface area contributed by atoms with Crippen LogP contribution in [-0.4, -0.2) is 28.7 Å². The lowest BCUT2D eigenvalue weighted by molar-refractivity contribution is 0.0695. The van der Waals surface area contributed by atoms with E-state index in [-0.39, 0.29) is 11.1 Å². The average Bonchev–Trinajstić information content (AvgIpc) is 3.30. The zero-order valence-corrected chi connectivity index (χ0v) is 17.1. The van der Waals surface area contributed by atoms with E-state index in [1.54, 1.807) is 6.92 Å². The summed E-state index contributed by atoms with van der Waals surface area (Å²) in [6, 6.07) is 22.0. The first-order valence-electron chi connectivity index (χ1n) is 9.77. The largest absolute Gasteiger partial charge is 0.478 e. The quantitative estimate of drug-likeness (QED) is 0.562. The van der Waals surface area contributed by atoms with Gasteiger partial charge in [-0.05, 0) is 67.4 Å². The predicted molar refractivity (Wildman–Crippen MR) is 119 cm³/mol. The highest BCUT2D eigenvalue weighted by molar-refractivity contribution is 5.94. The summed E-state index contributed by atoms with van der Waals surface area (Å²) >= 11 is 0. The molecule has 31 heavy (non-hydrogen) atoms. The number of carbonyl (C=O) groups is 2. The summed E-state index contributed by atoms with van der Waals surface area (Å²) < 4.78 is 5.76. The van der Waals surface area contributed by atoms with Crippen molar-refractivity contribution in [1.82, 2.24) is 0 Å². The summed E-state index contributed by atoms with van der Waals surface area (Å²) in [6.07, 6.45) is 5.45. The van der Waals surface area contributed by atoms with Crippen LogP contribution in [0, 0.1) is 6.92 Å². The highest BCUT2D eigenvalue weighted by Crippen LogP contribution is 2.25. The van der Waals surface area contributed by atoms with Gasteiger partial charge >= 0.3 is 11.9 Å². The molecule has 0 unspecified atom stereocenters. The molecule has 158 valence electrons. The molecule has 4 rings (SSSR count). The molecule has 1 aliphatic rings. The number of rotatable bonds is 5. The summed E-state index contributed by atoms with van der Waals surface area (Å²) in [5.74, 6) is -0.498. The van der Waals surface area contributed by atoms with Crippen LogP contribution in [0.1, 0.15) is 32.7 Å². The van der Waals surface area contributed by atoms with Gasteiger partial charge in [0.05, 0.1) is 11.1 Å². The molecule has 6 heteroatoms. The van der Waals surface area contributed by atoms with Crippen molar-refractivity contribution in [2.45, 2.75) is 13.3 Å². The first-order valence-corrected chi connectivity index (χ1v) is 9.77. The Kier molecular flexibility index (Phi) is 7.06. The van der Waals surface area contributed by atoms with Gasteiger partial charge in [0, 0.05) is 18.4 Å². The molecule has 0 saturated carbocycles. The van der Waals surface area contributed by atoms with E-state index in [0.717, 1.165) is 30.5 Å². The third-order valence-corrected chi connectivity index (χ3v) is 4.68. The second-order valence-electron chi connectivity index (χ2n) is 6.92. The molecule has 3 aromatic carbocycles. The Labute approximate surface area is 180 Å². The molecule has 6 nitrogen and oxygen atoms in total. The van der Waals surface area contributed by atoms with Crippen molar-refractivity contribution in [2.75, 3.05) is 11.4 Å². The van der Waals surface area contributed by atoms with Gasteiger partial charge in [-0.2, -0.15) is 0 Å². The molecule has 0 amide bonds. The number of aryl methyl sites for hydroxylation is 1. The Morgan fingerprint density at radius 3 is 2.13 bits per heavy atom. The van der Waals surface area contributed by atoms with Crippen LogP contribution in [0.3, 0.4) is 0 Å². The van der Waals surface area contributed by atoms with Gasteiger partial charge in [0.15, 0.2) is 0 Å². The molecule has 1 aliphatic heterocycles. The van der Waals surface area contributed by atoms with E-state index in [2.05, 4.69) is 29.3 Å². The average molecular weight is 417 g/mol. The van der Waals surface area contributed by atoms with Gasteiger partial charge in [-0.1, -0.05) is 30.3 Å². The lowest BCUT2D eigenvalue weighted by Gasteiger charge is -2.15. The maximum Gasteiger partial charge on any atom is 0.335 e. The van der Waals surface area contributed by atoms with Crippen molar-refractivity contribution in [3.63, 3.8) is 0 Å². The molecular weight excluding hydrogens is 394 g/mol. The fraction of sp³-hybridized carbons (Fsp3) is 0.120. The molecule has 0 spiro atoms. The molecular formula is C25H23NO5. The number of ether oxygens (including phenoxy) is 1. The van der Waals surface area contributed by atoms with Gasteiger partial charge < -0.3 is 19.8 Å². The fourth-order valence-corrected chi connectivity index (χ4v) is 3.02. The molecule has 0 fully saturated rings. The van der Waals surface area contributed by atoms with Crippen molar-refractivity contribution >= 4 is 17.6 Å².